The highest BCUT2D eigenvalue weighted by Gasteiger charge is 2.58. The van der Waals surface area contributed by atoms with E-state index in [-0.39, 0.29) is 0 Å². The highest BCUT2D eigenvalue weighted by atomic mass is 16.5. The maximum Gasteiger partial charge on any atom is 0.0666 e. The van der Waals surface area contributed by atoms with Crippen LogP contribution < -0.4 is 16.0 Å². The molecule has 0 aromatic carbocycles. The largest absolute Gasteiger partial charge is 0.374 e. The first-order chi connectivity index (χ1) is 20.3. The van der Waals surface area contributed by atoms with Crippen LogP contribution in [0.2, 0.25) is 0 Å². The SMILES string of the molecule is C1CCC(C2NC(C3CCCCC3)NC(C3CCCC4C5CC(C6CCCCC6)C6CCCCC6C5OC34)N2)CC1. The fourth-order valence-corrected chi connectivity index (χ4v) is 12.7. The number of fused-ring (bicyclic) bond motifs is 5. The number of rotatable bonds is 4. The van der Waals surface area contributed by atoms with Crippen molar-refractivity contribution >= 4 is 0 Å². The third-order valence-corrected chi connectivity index (χ3v) is 14.6. The maximum absolute atomic E-state index is 7.50. The third-order valence-electron chi connectivity index (χ3n) is 14.6. The number of nitrogens with one attached hydrogen (secondary N) is 3. The van der Waals surface area contributed by atoms with E-state index in [0.29, 0.717) is 36.6 Å². The Morgan fingerprint density at radius 1 is 0.317 bits per heavy atom. The molecule has 10 atom stereocenters. The fourth-order valence-electron chi connectivity index (χ4n) is 12.7. The van der Waals surface area contributed by atoms with Crippen LogP contribution in [0.3, 0.4) is 0 Å². The van der Waals surface area contributed by atoms with Crippen LogP contribution in [0.25, 0.3) is 0 Å². The lowest BCUT2D eigenvalue weighted by Crippen LogP contribution is -2.73. The Labute approximate surface area is 252 Å². The third kappa shape index (κ3) is 5.61. The van der Waals surface area contributed by atoms with Gasteiger partial charge in [0, 0.05) is 5.92 Å². The second-order valence-corrected chi connectivity index (χ2v) is 16.6. The van der Waals surface area contributed by atoms with Gasteiger partial charge in [0.1, 0.15) is 0 Å². The first-order valence-electron chi connectivity index (χ1n) is 19.3. The minimum atomic E-state index is 0.430. The molecule has 4 nitrogen and oxygen atoms in total. The monoisotopic (exact) mass is 565 g/mol. The Morgan fingerprint density at radius 3 is 1.39 bits per heavy atom. The van der Waals surface area contributed by atoms with Gasteiger partial charge < -0.3 is 4.74 Å². The summed E-state index contributed by atoms with van der Waals surface area (Å²) in [4.78, 5) is 0. The van der Waals surface area contributed by atoms with Crippen molar-refractivity contribution in [2.45, 2.75) is 178 Å². The number of hydrogen-bond donors (Lipinski definition) is 3. The molecule has 2 aliphatic heterocycles. The van der Waals surface area contributed by atoms with E-state index >= 15 is 0 Å². The summed E-state index contributed by atoms with van der Waals surface area (Å²) in [6.07, 6.45) is 36.1. The highest BCUT2D eigenvalue weighted by Crippen LogP contribution is 2.59. The van der Waals surface area contributed by atoms with Gasteiger partial charge >= 0.3 is 0 Å². The molecule has 2 saturated heterocycles. The molecular weight excluding hydrogens is 502 g/mol. The van der Waals surface area contributed by atoms with Gasteiger partial charge in [-0.2, -0.15) is 0 Å². The highest BCUT2D eigenvalue weighted by molar-refractivity contribution is 5.07. The van der Waals surface area contributed by atoms with E-state index in [1.807, 2.05) is 0 Å². The lowest BCUT2D eigenvalue weighted by molar-refractivity contribution is -0.102. The Hall–Kier alpha value is -0.160. The molecule has 6 aliphatic carbocycles. The van der Waals surface area contributed by atoms with E-state index in [2.05, 4.69) is 16.0 Å². The van der Waals surface area contributed by atoms with Gasteiger partial charge in [0.25, 0.3) is 0 Å². The Morgan fingerprint density at radius 2 is 0.756 bits per heavy atom. The Balaban J connectivity index is 1.03. The molecule has 0 radical (unpaired) electrons. The van der Waals surface area contributed by atoms with Crippen LogP contribution in [-0.2, 0) is 4.74 Å². The van der Waals surface area contributed by atoms with Gasteiger partial charge in [0.05, 0.1) is 30.7 Å². The van der Waals surface area contributed by atoms with Crippen molar-refractivity contribution in [2.24, 2.45) is 53.3 Å². The van der Waals surface area contributed by atoms with Gasteiger partial charge in [-0.3, -0.25) is 16.0 Å². The van der Waals surface area contributed by atoms with Gasteiger partial charge in [-0.1, -0.05) is 89.9 Å². The molecule has 3 N–H and O–H groups in total. The molecule has 4 heteroatoms. The zero-order chi connectivity index (χ0) is 27.2. The van der Waals surface area contributed by atoms with E-state index in [9.17, 15) is 0 Å². The summed E-state index contributed by atoms with van der Waals surface area (Å²) in [5, 5.41) is 12.7. The van der Waals surface area contributed by atoms with Gasteiger partial charge in [-0.15, -0.1) is 0 Å². The topological polar surface area (TPSA) is 45.3 Å². The predicted molar refractivity (Wildman–Crippen MR) is 167 cm³/mol. The lowest BCUT2D eigenvalue weighted by Gasteiger charge is -2.51. The average molecular weight is 566 g/mol. The van der Waals surface area contributed by atoms with E-state index in [1.54, 1.807) is 0 Å². The normalized spacial score (nSPS) is 48.7. The summed E-state index contributed by atoms with van der Waals surface area (Å²) in [5.74, 6) is 7.86. The lowest BCUT2D eigenvalue weighted by atomic mass is 9.54. The molecule has 232 valence electrons. The average Bonchev–Trinajstić information content (AvgIpc) is 3.44. The molecule has 0 aromatic heterocycles. The molecule has 8 rings (SSSR count). The molecule has 6 saturated carbocycles. The molecule has 0 bridgehead atoms. The van der Waals surface area contributed by atoms with E-state index in [4.69, 9.17) is 4.74 Å². The minimum absolute atomic E-state index is 0.430. The van der Waals surface area contributed by atoms with Crippen LogP contribution in [0.4, 0.5) is 0 Å². The van der Waals surface area contributed by atoms with Crippen molar-refractivity contribution in [2.75, 3.05) is 0 Å². The van der Waals surface area contributed by atoms with Gasteiger partial charge in [0.15, 0.2) is 0 Å². The van der Waals surface area contributed by atoms with Crippen molar-refractivity contribution in [1.29, 1.82) is 0 Å². The summed E-state index contributed by atoms with van der Waals surface area (Å²) in [6, 6.07) is 0. The molecular formula is C37H63N3O. The van der Waals surface area contributed by atoms with Gasteiger partial charge in [-0.05, 0) is 105 Å². The molecule has 0 aromatic rings. The zero-order valence-corrected chi connectivity index (χ0v) is 26.3. The van der Waals surface area contributed by atoms with Crippen molar-refractivity contribution < 1.29 is 4.74 Å². The molecule has 2 heterocycles. The van der Waals surface area contributed by atoms with Crippen LogP contribution >= 0.6 is 0 Å². The van der Waals surface area contributed by atoms with E-state index < -0.39 is 0 Å². The zero-order valence-electron chi connectivity index (χ0n) is 26.3. The van der Waals surface area contributed by atoms with E-state index in [0.717, 1.165) is 47.3 Å². The number of ether oxygens (including phenoxy) is 1. The summed E-state index contributed by atoms with van der Waals surface area (Å²) in [5.41, 5.74) is 0. The van der Waals surface area contributed by atoms with Crippen LogP contribution in [0, 0.1) is 53.3 Å². The summed E-state index contributed by atoms with van der Waals surface area (Å²) in [7, 11) is 0. The predicted octanol–water partition coefficient (Wildman–Crippen LogP) is 8.11. The fraction of sp³-hybridized carbons (Fsp3) is 1.00. The minimum Gasteiger partial charge on any atom is -0.374 e. The van der Waals surface area contributed by atoms with Gasteiger partial charge in [-0.25, -0.2) is 0 Å². The number of hydrogen-bond acceptors (Lipinski definition) is 4. The van der Waals surface area contributed by atoms with Gasteiger partial charge in [0.2, 0.25) is 0 Å². The van der Waals surface area contributed by atoms with Crippen LogP contribution in [0.15, 0.2) is 0 Å². The van der Waals surface area contributed by atoms with Crippen molar-refractivity contribution in [3.05, 3.63) is 0 Å². The molecule has 10 unspecified atom stereocenters. The van der Waals surface area contributed by atoms with Crippen LogP contribution in [0.1, 0.15) is 148 Å². The smallest absolute Gasteiger partial charge is 0.0666 e. The van der Waals surface area contributed by atoms with Crippen LogP contribution in [0.5, 0.6) is 0 Å². The van der Waals surface area contributed by atoms with Crippen molar-refractivity contribution in [1.82, 2.24) is 16.0 Å². The molecule has 8 fully saturated rings. The quantitative estimate of drug-likeness (QED) is 0.322. The Bertz CT molecular complexity index is 821. The first-order valence-corrected chi connectivity index (χ1v) is 19.3. The second-order valence-electron chi connectivity index (χ2n) is 16.6. The summed E-state index contributed by atoms with van der Waals surface area (Å²) < 4.78 is 7.50. The molecule has 41 heavy (non-hydrogen) atoms. The van der Waals surface area contributed by atoms with Crippen molar-refractivity contribution in [3.63, 3.8) is 0 Å². The first kappa shape index (κ1) is 28.3. The standard InChI is InChI=1S/C37H63N3O/c1-4-13-24(14-5-1)31-23-32-29-21-12-22-30(33(29)41-34(32)28-20-11-10-19-27(28)31)37-39-35(25-15-6-2-7-16-25)38-36(40-37)26-17-8-3-9-18-26/h24-40H,1-23H2. The van der Waals surface area contributed by atoms with Crippen LogP contribution in [-0.4, -0.2) is 30.7 Å². The molecule has 8 aliphatic rings. The maximum atomic E-state index is 7.50. The second kappa shape index (κ2) is 12.7. The van der Waals surface area contributed by atoms with Crippen molar-refractivity contribution in [3.8, 4) is 0 Å². The summed E-state index contributed by atoms with van der Waals surface area (Å²) >= 11 is 0. The molecule has 0 amide bonds. The Kier molecular flexibility index (Phi) is 8.76. The molecule has 0 spiro atoms. The van der Waals surface area contributed by atoms with E-state index in [1.165, 1.54) is 148 Å². The summed E-state index contributed by atoms with van der Waals surface area (Å²) in [6.45, 7) is 0.